The highest BCUT2D eigenvalue weighted by molar-refractivity contribution is 7.14. The SMILES string of the molecule is C=Cc1ccc(C=N/N=C(\N)N[NH+]=C)s1. The maximum atomic E-state index is 5.39. The van der Waals surface area contributed by atoms with Crippen molar-refractivity contribution in [2.75, 3.05) is 0 Å². The van der Waals surface area contributed by atoms with Gasteiger partial charge in [0, 0.05) is 9.75 Å². The first kappa shape index (κ1) is 11.1. The maximum absolute atomic E-state index is 5.39. The van der Waals surface area contributed by atoms with Crippen LogP contribution in [0.3, 0.4) is 0 Å². The number of nitrogens with zero attached hydrogens (tertiary/aromatic N) is 2. The Kier molecular flexibility index (Phi) is 4.24. The van der Waals surface area contributed by atoms with Gasteiger partial charge in [0.1, 0.15) is 0 Å². The minimum Gasteiger partial charge on any atom is -0.364 e. The first-order valence-electron chi connectivity index (χ1n) is 4.13. The minimum absolute atomic E-state index is 0.154. The molecule has 0 spiro atoms. The fourth-order valence-corrected chi connectivity index (χ4v) is 1.54. The van der Waals surface area contributed by atoms with Crippen LogP contribution >= 0.6 is 11.3 Å². The van der Waals surface area contributed by atoms with Crippen molar-refractivity contribution < 1.29 is 5.10 Å². The summed E-state index contributed by atoms with van der Waals surface area (Å²) in [5.41, 5.74) is 7.88. The number of guanidine groups is 1. The molecule has 0 saturated heterocycles. The Morgan fingerprint density at radius 2 is 2.27 bits per heavy atom. The van der Waals surface area contributed by atoms with E-state index in [4.69, 9.17) is 5.73 Å². The van der Waals surface area contributed by atoms with E-state index in [1.807, 2.05) is 12.1 Å². The lowest BCUT2D eigenvalue weighted by molar-refractivity contribution is -0.496. The fourth-order valence-electron chi connectivity index (χ4n) is 0.811. The predicted octanol–water partition coefficient (Wildman–Crippen LogP) is -0.674. The molecule has 5 nitrogen and oxygen atoms in total. The van der Waals surface area contributed by atoms with Gasteiger partial charge in [0.25, 0.3) is 5.96 Å². The molecule has 0 saturated carbocycles. The molecule has 1 aromatic heterocycles. The van der Waals surface area contributed by atoms with Gasteiger partial charge < -0.3 is 5.73 Å². The Morgan fingerprint density at radius 1 is 1.53 bits per heavy atom. The molecule has 0 atom stereocenters. The molecule has 0 radical (unpaired) electrons. The standard InChI is InChI=1S/C9H11N5S/c1-3-7-4-5-8(15-7)6-12-14-9(10)13-11-2/h3-6H,1-2H2,(H3,10,13,14)/p+1. The monoisotopic (exact) mass is 222 g/mol. The molecule has 0 bridgehead atoms. The number of rotatable bonds is 4. The molecular formula is C9H12N5S+. The van der Waals surface area contributed by atoms with Crippen LogP contribution in [0.4, 0.5) is 0 Å². The van der Waals surface area contributed by atoms with Crippen LogP contribution in [0.25, 0.3) is 6.08 Å². The Labute approximate surface area is 91.7 Å². The molecule has 78 valence electrons. The van der Waals surface area contributed by atoms with Crippen LogP contribution in [0.2, 0.25) is 0 Å². The Bertz CT molecular complexity index is 404. The summed E-state index contributed by atoms with van der Waals surface area (Å²) in [6.07, 6.45) is 3.41. The average molecular weight is 222 g/mol. The van der Waals surface area contributed by atoms with Crippen molar-refractivity contribution in [3.8, 4) is 0 Å². The van der Waals surface area contributed by atoms with Gasteiger partial charge in [0.15, 0.2) is 6.72 Å². The molecule has 1 aromatic rings. The molecule has 1 heterocycles. The van der Waals surface area contributed by atoms with Crippen LogP contribution in [0.1, 0.15) is 9.75 Å². The maximum Gasteiger partial charge on any atom is 0.269 e. The van der Waals surface area contributed by atoms with E-state index in [1.165, 1.54) is 0 Å². The molecule has 0 aliphatic rings. The van der Waals surface area contributed by atoms with Crippen LogP contribution in [0.15, 0.2) is 28.9 Å². The highest BCUT2D eigenvalue weighted by Crippen LogP contribution is 2.15. The second kappa shape index (κ2) is 5.71. The van der Waals surface area contributed by atoms with E-state index in [2.05, 4.69) is 34.0 Å². The number of hydrazone groups is 1. The van der Waals surface area contributed by atoms with Gasteiger partial charge >= 0.3 is 0 Å². The summed E-state index contributed by atoms with van der Waals surface area (Å²) in [6.45, 7) is 6.99. The van der Waals surface area contributed by atoms with Gasteiger partial charge in [0.2, 0.25) is 0 Å². The molecule has 15 heavy (non-hydrogen) atoms. The topological polar surface area (TPSA) is 76.7 Å². The zero-order valence-corrected chi connectivity index (χ0v) is 8.92. The quantitative estimate of drug-likeness (QED) is 0.359. The number of hydrogen-bond acceptors (Lipinski definition) is 3. The van der Waals surface area contributed by atoms with Crippen LogP contribution in [0.5, 0.6) is 0 Å². The lowest BCUT2D eigenvalue weighted by atomic mass is 10.4. The Morgan fingerprint density at radius 3 is 2.87 bits per heavy atom. The van der Waals surface area contributed by atoms with Crippen molar-refractivity contribution in [3.05, 3.63) is 28.5 Å². The van der Waals surface area contributed by atoms with E-state index in [0.717, 1.165) is 9.75 Å². The highest BCUT2D eigenvalue weighted by atomic mass is 32.1. The van der Waals surface area contributed by atoms with Gasteiger partial charge in [-0.15, -0.1) is 27.0 Å². The third kappa shape index (κ3) is 3.74. The first-order valence-corrected chi connectivity index (χ1v) is 4.95. The number of hydrogen-bond donors (Lipinski definition) is 3. The third-order valence-corrected chi connectivity index (χ3v) is 2.43. The van der Waals surface area contributed by atoms with E-state index in [-0.39, 0.29) is 5.96 Å². The normalized spacial score (nSPS) is 11.6. The van der Waals surface area contributed by atoms with Gasteiger partial charge in [-0.2, -0.15) is 5.10 Å². The second-order valence-corrected chi connectivity index (χ2v) is 3.62. The van der Waals surface area contributed by atoms with E-state index >= 15 is 0 Å². The smallest absolute Gasteiger partial charge is 0.269 e. The zero-order chi connectivity index (χ0) is 11.1. The number of hydrazine groups is 1. The zero-order valence-electron chi connectivity index (χ0n) is 8.10. The van der Waals surface area contributed by atoms with E-state index in [0.29, 0.717) is 0 Å². The molecule has 0 aromatic carbocycles. The summed E-state index contributed by atoms with van der Waals surface area (Å²) >= 11 is 1.57. The predicted molar refractivity (Wildman–Crippen MR) is 64.8 cm³/mol. The largest absolute Gasteiger partial charge is 0.364 e. The van der Waals surface area contributed by atoms with E-state index in [9.17, 15) is 0 Å². The van der Waals surface area contributed by atoms with Crippen LogP contribution < -0.4 is 16.3 Å². The molecule has 0 fully saturated rings. The first-order chi connectivity index (χ1) is 7.26. The molecule has 0 amide bonds. The van der Waals surface area contributed by atoms with Gasteiger partial charge in [-0.25, -0.2) is 0 Å². The summed E-state index contributed by atoms with van der Waals surface area (Å²) in [6, 6.07) is 3.89. The molecule has 4 N–H and O–H groups in total. The number of nitrogens with two attached hydrogens (primary N) is 1. The van der Waals surface area contributed by atoms with Gasteiger partial charge in [-0.05, 0) is 12.1 Å². The van der Waals surface area contributed by atoms with Gasteiger partial charge in [-0.3, -0.25) is 0 Å². The number of nitrogens with one attached hydrogen (secondary N) is 2. The molecule has 6 heteroatoms. The van der Waals surface area contributed by atoms with E-state index < -0.39 is 0 Å². The summed E-state index contributed by atoms with van der Waals surface area (Å²) in [5, 5.41) is 9.86. The summed E-state index contributed by atoms with van der Waals surface area (Å²) < 4.78 is 0. The van der Waals surface area contributed by atoms with Crippen molar-refractivity contribution in [1.29, 1.82) is 0 Å². The molecule has 1 rings (SSSR count). The Balaban J connectivity index is 2.61. The van der Waals surface area contributed by atoms with Crippen molar-refractivity contribution >= 4 is 36.3 Å². The molecule has 0 unspecified atom stereocenters. The molecule has 0 aliphatic carbocycles. The summed E-state index contributed by atoms with van der Waals surface area (Å²) in [7, 11) is 0. The van der Waals surface area contributed by atoms with Crippen molar-refractivity contribution in [3.63, 3.8) is 0 Å². The van der Waals surface area contributed by atoms with E-state index in [1.54, 1.807) is 23.6 Å². The summed E-state index contributed by atoms with van der Waals surface area (Å²) in [4.78, 5) is 2.08. The minimum atomic E-state index is 0.154. The second-order valence-electron chi connectivity index (χ2n) is 2.48. The van der Waals surface area contributed by atoms with Crippen LogP contribution in [-0.2, 0) is 0 Å². The Hall–Kier alpha value is -1.95. The van der Waals surface area contributed by atoms with Crippen molar-refractivity contribution in [2.45, 2.75) is 0 Å². The lowest BCUT2D eigenvalue weighted by Crippen LogP contribution is -2.80. The number of thiophene rings is 1. The molecule has 0 aliphatic heterocycles. The fraction of sp³-hybridized carbons (Fsp3) is 0. The van der Waals surface area contributed by atoms with Gasteiger partial charge in [-0.1, -0.05) is 12.7 Å². The van der Waals surface area contributed by atoms with Crippen LogP contribution in [0, 0.1) is 0 Å². The van der Waals surface area contributed by atoms with Crippen LogP contribution in [-0.4, -0.2) is 18.9 Å². The van der Waals surface area contributed by atoms with Crippen molar-refractivity contribution in [2.24, 2.45) is 15.9 Å². The lowest BCUT2D eigenvalue weighted by Gasteiger charge is -1.87. The molecular weight excluding hydrogens is 210 g/mol. The summed E-state index contributed by atoms with van der Waals surface area (Å²) in [5.74, 6) is 0.154. The van der Waals surface area contributed by atoms with Gasteiger partial charge in [0.05, 0.1) is 6.21 Å². The van der Waals surface area contributed by atoms with Crippen molar-refractivity contribution in [1.82, 2.24) is 5.43 Å². The third-order valence-electron chi connectivity index (χ3n) is 1.42. The highest BCUT2D eigenvalue weighted by Gasteiger charge is 1.93. The average Bonchev–Trinajstić information content (AvgIpc) is 2.66.